The molecule has 2 rings (SSSR count). The van der Waals surface area contributed by atoms with E-state index >= 15 is 0 Å². The Kier molecular flexibility index (Phi) is 8.25. The van der Waals surface area contributed by atoms with Crippen LogP contribution in [0.1, 0.15) is 43.9 Å². The molecule has 2 amide bonds. The SMILES string of the molecule is CCC(C(=O)NC(C)C)N(Cc1cccc(C)c1)C(=O)Cc1ccc(OC)cc1. The third-order valence-corrected chi connectivity index (χ3v) is 4.77. The Morgan fingerprint density at radius 2 is 1.76 bits per heavy atom. The minimum atomic E-state index is -0.510. The summed E-state index contributed by atoms with van der Waals surface area (Å²) in [5, 5.41) is 2.96. The van der Waals surface area contributed by atoms with Gasteiger partial charge in [-0.15, -0.1) is 0 Å². The largest absolute Gasteiger partial charge is 0.497 e. The van der Waals surface area contributed by atoms with E-state index in [1.54, 1.807) is 12.0 Å². The van der Waals surface area contributed by atoms with Crippen LogP contribution >= 0.6 is 0 Å². The number of amides is 2. The van der Waals surface area contributed by atoms with Crippen molar-refractivity contribution in [2.45, 2.75) is 59.2 Å². The number of nitrogens with zero attached hydrogens (tertiary/aromatic N) is 1. The zero-order valence-electron chi connectivity index (χ0n) is 18.1. The van der Waals surface area contributed by atoms with E-state index in [9.17, 15) is 9.59 Å². The molecule has 0 bridgehead atoms. The van der Waals surface area contributed by atoms with E-state index in [1.807, 2.05) is 70.2 Å². The second kappa shape index (κ2) is 10.6. The van der Waals surface area contributed by atoms with Gasteiger partial charge in [0.25, 0.3) is 0 Å². The van der Waals surface area contributed by atoms with Crippen LogP contribution in [0.3, 0.4) is 0 Å². The molecule has 0 aliphatic rings. The monoisotopic (exact) mass is 396 g/mol. The van der Waals surface area contributed by atoms with Crippen molar-refractivity contribution in [2.24, 2.45) is 0 Å². The first-order chi connectivity index (χ1) is 13.8. The molecule has 0 aliphatic heterocycles. The Bertz CT molecular complexity index is 815. The lowest BCUT2D eigenvalue weighted by molar-refractivity contribution is -0.141. The van der Waals surface area contributed by atoms with Gasteiger partial charge in [-0.25, -0.2) is 0 Å². The first-order valence-corrected chi connectivity index (χ1v) is 10.1. The lowest BCUT2D eigenvalue weighted by Crippen LogP contribution is -2.50. The van der Waals surface area contributed by atoms with Gasteiger partial charge in [0.15, 0.2) is 0 Å². The van der Waals surface area contributed by atoms with Gasteiger partial charge in [0.05, 0.1) is 13.5 Å². The fraction of sp³-hybridized carbons (Fsp3) is 0.417. The van der Waals surface area contributed by atoms with E-state index in [-0.39, 0.29) is 24.3 Å². The summed E-state index contributed by atoms with van der Waals surface area (Å²) in [6, 6.07) is 15.0. The minimum Gasteiger partial charge on any atom is -0.497 e. The maximum Gasteiger partial charge on any atom is 0.243 e. The molecule has 156 valence electrons. The van der Waals surface area contributed by atoms with Gasteiger partial charge in [0.1, 0.15) is 11.8 Å². The van der Waals surface area contributed by atoms with Gasteiger partial charge in [-0.05, 0) is 50.5 Å². The molecule has 5 heteroatoms. The van der Waals surface area contributed by atoms with Crippen LogP contribution in [0, 0.1) is 6.92 Å². The predicted molar refractivity (Wildman–Crippen MR) is 116 cm³/mol. The highest BCUT2D eigenvalue weighted by molar-refractivity contribution is 5.88. The van der Waals surface area contributed by atoms with E-state index < -0.39 is 6.04 Å². The summed E-state index contributed by atoms with van der Waals surface area (Å²) in [4.78, 5) is 27.8. The van der Waals surface area contributed by atoms with Gasteiger partial charge >= 0.3 is 0 Å². The van der Waals surface area contributed by atoms with Crippen molar-refractivity contribution >= 4 is 11.8 Å². The average Bonchev–Trinajstić information content (AvgIpc) is 2.68. The number of nitrogens with one attached hydrogen (secondary N) is 1. The van der Waals surface area contributed by atoms with Crippen molar-refractivity contribution in [1.29, 1.82) is 0 Å². The van der Waals surface area contributed by atoms with E-state index in [1.165, 1.54) is 0 Å². The van der Waals surface area contributed by atoms with Gasteiger partial charge in [-0.1, -0.05) is 48.9 Å². The highest BCUT2D eigenvalue weighted by atomic mass is 16.5. The summed E-state index contributed by atoms with van der Waals surface area (Å²) >= 11 is 0. The van der Waals surface area contributed by atoms with Crippen LogP contribution < -0.4 is 10.1 Å². The molecule has 0 fully saturated rings. The molecule has 5 nitrogen and oxygen atoms in total. The van der Waals surface area contributed by atoms with E-state index in [0.29, 0.717) is 13.0 Å². The first kappa shape index (κ1) is 22.5. The Balaban J connectivity index is 2.27. The van der Waals surface area contributed by atoms with E-state index in [2.05, 4.69) is 11.4 Å². The molecule has 0 aromatic heterocycles. The molecule has 1 unspecified atom stereocenters. The van der Waals surface area contributed by atoms with Gasteiger partial charge < -0.3 is 15.0 Å². The third-order valence-electron chi connectivity index (χ3n) is 4.77. The second-order valence-corrected chi connectivity index (χ2v) is 7.62. The van der Waals surface area contributed by atoms with Gasteiger partial charge in [0, 0.05) is 12.6 Å². The summed E-state index contributed by atoms with van der Waals surface area (Å²) in [5.74, 6) is 0.571. The van der Waals surface area contributed by atoms with Crippen LogP contribution in [-0.2, 0) is 22.6 Å². The third kappa shape index (κ3) is 6.63. The van der Waals surface area contributed by atoms with Crippen molar-refractivity contribution < 1.29 is 14.3 Å². The van der Waals surface area contributed by atoms with Crippen LogP contribution in [0.25, 0.3) is 0 Å². The Labute approximate surface area is 174 Å². The number of carbonyl (C=O) groups is 2. The second-order valence-electron chi connectivity index (χ2n) is 7.62. The number of carbonyl (C=O) groups excluding carboxylic acids is 2. The summed E-state index contributed by atoms with van der Waals surface area (Å²) in [5.41, 5.74) is 3.04. The van der Waals surface area contributed by atoms with Crippen LogP contribution in [0.15, 0.2) is 48.5 Å². The molecule has 29 heavy (non-hydrogen) atoms. The fourth-order valence-corrected chi connectivity index (χ4v) is 3.33. The first-order valence-electron chi connectivity index (χ1n) is 10.1. The molecule has 0 saturated carbocycles. The smallest absolute Gasteiger partial charge is 0.243 e. The molecule has 1 atom stereocenters. The molecule has 2 aromatic rings. The number of hydrogen-bond donors (Lipinski definition) is 1. The topological polar surface area (TPSA) is 58.6 Å². The fourth-order valence-electron chi connectivity index (χ4n) is 3.33. The van der Waals surface area contributed by atoms with Crippen molar-refractivity contribution in [2.75, 3.05) is 7.11 Å². The molecule has 0 radical (unpaired) electrons. The Morgan fingerprint density at radius 1 is 1.07 bits per heavy atom. The van der Waals surface area contributed by atoms with Crippen LogP contribution in [-0.4, -0.2) is 35.9 Å². The number of aryl methyl sites for hydroxylation is 1. The van der Waals surface area contributed by atoms with Gasteiger partial charge in [-0.3, -0.25) is 9.59 Å². The number of hydrogen-bond acceptors (Lipinski definition) is 3. The molecule has 0 saturated heterocycles. The maximum atomic E-state index is 13.3. The highest BCUT2D eigenvalue weighted by Gasteiger charge is 2.29. The lowest BCUT2D eigenvalue weighted by Gasteiger charge is -2.31. The van der Waals surface area contributed by atoms with Gasteiger partial charge in [-0.2, -0.15) is 0 Å². The van der Waals surface area contributed by atoms with Crippen LogP contribution in [0.5, 0.6) is 5.75 Å². The van der Waals surface area contributed by atoms with E-state index in [4.69, 9.17) is 4.74 Å². The average molecular weight is 397 g/mol. The zero-order chi connectivity index (χ0) is 21.4. The number of methoxy groups -OCH3 is 1. The maximum absolute atomic E-state index is 13.3. The molecule has 0 heterocycles. The van der Waals surface area contributed by atoms with Crippen molar-refractivity contribution in [3.8, 4) is 5.75 Å². The molecule has 0 spiro atoms. The number of ether oxygens (including phenoxy) is 1. The van der Waals surface area contributed by atoms with Crippen molar-refractivity contribution in [3.63, 3.8) is 0 Å². The van der Waals surface area contributed by atoms with Crippen molar-refractivity contribution in [3.05, 3.63) is 65.2 Å². The quantitative estimate of drug-likeness (QED) is 0.700. The summed E-state index contributed by atoms with van der Waals surface area (Å²) in [7, 11) is 1.61. The van der Waals surface area contributed by atoms with Crippen LogP contribution in [0.2, 0.25) is 0 Å². The molecular formula is C24H32N2O3. The zero-order valence-corrected chi connectivity index (χ0v) is 18.1. The van der Waals surface area contributed by atoms with E-state index in [0.717, 1.165) is 22.4 Å². The molecule has 2 aromatic carbocycles. The van der Waals surface area contributed by atoms with Crippen molar-refractivity contribution in [1.82, 2.24) is 10.2 Å². The summed E-state index contributed by atoms with van der Waals surface area (Å²) in [6.07, 6.45) is 0.792. The highest BCUT2D eigenvalue weighted by Crippen LogP contribution is 2.17. The van der Waals surface area contributed by atoms with Gasteiger partial charge in [0.2, 0.25) is 11.8 Å². The molecular weight excluding hydrogens is 364 g/mol. The number of benzene rings is 2. The molecule has 1 N–H and O–H groups in total. The normalized spacial score (nSPS) is 11.8. The Morgan fingerprint density at radius 3 is 2.31 bits per heavy atom. The molecule has 0 aliphatic carbocycles. The standard InChI is InChI=1S/C24H32N2O3/c1-6-22(24(28)25-17(2)3)26(16-20-9-7-8-18(4)14-20)23(27)15-19-10-12-21(29-5)13-11-19/h7-14,17,22H,6,15-16H2,1-5H3,(H,25,28). The predicted octanol–water partition coefficient (Wildman–Crippen LogP) is 3.88. The minimum absolute atomic E-state index is 0.0223. The summed E-state index contributed by atoms with van der Waals surface area (Å²) < 4.78 is 5.19. The van der Waals surface area contributed by atoms with Crippen LogP contribution in [0.4, 0.5) is 0 Å². The summed E-state index contributed by atoms with van der Waals surface area (Å²) in [6.45, 7) is 8.22. The number of rotatable bonds is 9. The Hall–Kier alpha value is -2.82. The lowest BCUT2D eigenvalue weighted by atomic mass is 10.1.